The van der Waals surface area contributed by atoms with E-state index in [-0.39, 0.29) is 5.92 Å². The zero-order chi connectivity index (χ0) is 10.8. The van der Waals surface area contributed by atoms with E-state index in [2.05, 4.69) is 12.1 Å². The minimum atomic E-state index is -1.00. The van der Waals surface area contributed by atoms with Gasteiger partial charge >= 0.3 is 0 Å². The van der Waals surface area contributed by atoms with Gasteiger partial charge in [-0.3, -0.25) is 4.79 Å². The molecule has 72 valence electrons. The Hall–Kier alpha value is -1.61. The van der Waals surface area contributed by atoms with Crippen LogP contribution < -0.4 is 0 Å². The van der Waals surface area contributed by atoms with E-state index in [9.17, 15) is 4.79 Å². The Bertz CT molecular complexity index is 354. The highest BCUT2D eigenvalue weighted by atomic mass is 16.1. The molecule has 1 atom stereocenters. The molecule has 0 heterocycles. The molecule has 14 heavy (non-hydrogen) atoms. The van der Waals surface area contributed by atoms with Crippen LogP contribution in [0.2, 0.25) is 0 Å². The lowest BCUT2D eigenvalue weighted by molar-refractivity contribution is -0.105. The molecule has 3 nitrogen and oxygen atoms in total. The van der Waals surface area contributed by atoms with Crippen molar-refractivity contribution < 1.29 is 4.79 Å². The minimum Gasteiger partial charge on any atom is -0.298 e. The predicted molar refractivity (Wildman–Crippen MR) is 50.8 cm³/mol. The Morgan fingerprint density at radius 1 is 1.57 bits per heavy atom. The molecule has 0 aromatic rings. The van der Waals surface area contributed by atoms with Gasteiger partial charge in [-0.15, -0.1) is 0 Å². The molecule has 0 aromatic heterocycles. The molecular formula is C11H12N2O. The number of carbonyl (C=O) groups is 1. The van der Waals surface area contributed by atoms with E-state index >= 15 is 0 Å². The number of nitriles is 2. The highest BCUT2D eigenvalue weighted by Crippen LogP contribution is 2.46. The van der Waals surface area contributed by atoms with Crippen LogP contribution in [0.25, 0.3) is 0 Å². The predicted octanol–water partition coefficient (Wildman–Crippen LogP) is 1.97. The fourth-order valence-corrected chi connectivity index (χ4v) is 2.22. The van der Waals surface area contributed by atoms with Crippen molar-refractivity contribution in [3.63, 3.8) is 0 Å². The summed E-state index contributed by atoms with van der Waals surface area (Å²) in [6.45, 7) is 3.72. The van der Waals surface area contributed by atoms with Gasteiger partial charge in [0.2, 0.25) is 0 Å². The largest absolute Gasteiger partial charge is 0.298 e. The van der Waals surface area contributed by atoms with Crippen LogP contribution in [0.15, 0.2) is 11.1 Å². The molecule has 3 heteroatoms. The molecule has 1 aliphatic carbocycles. The maximum absolute atomic E-state index is 10.8. The summed E-state index contributed by atoms with van der Waals surface area (Å²) in [5, 5.41) is 18.1. The molecule has 0 aromatic carbocycles. The number of nitrogens with zero attached hydrogens (tertiary/aromatic N) is 2. The lowest BCUT2D eigenvalue weighted by Crippen LogP contribution is -2.23. The van der Waals surface area contributed by atoms with E-state index in [4.69, 9.17) is 10.5 Å². The second-order valence-electron chi connectivity index (χ2n) is 3.69. The normalized spacial score (nSPS) is 24.1. The van der Waals surface area contributed by atoms with Crippen LogP contribution in [0.4, 0.5) is 0 Å². The molecule has 0 saturated carbocycles. The van der Waals surface area contributed by atoms with Crippen LogP contribution in [0.1, 0.15) is 26.7 Å². The van der Waals surface area contributed by atoms with Crippen LogP contribution in [-0.2, 0) is 4.79 Å². The summed E-state index contributed by atoms with van der Waals surface area (Å²) in [5.74, 6) is -0.213. The number of allylic oxidation sites excluding steroid dienone is 2. The van der Waals surface area contributed by atoms with E-state index in [1.807, 2.05) is 13.8 Å². The van der Waals surface area contributed by atoms with Crippen molar-refractivity contribution in [1.29, 1.82) is 10.5 Å². The molecule has 0 N–H and O–H groups in total. The van der Waals surface area contributed by atoms with Gasteiger partial charge in [-0.1, -0.05) is 12.5 Å². The second-order valence-corrected chi connectivity index (χ2v) is 3.69. The third-order valence-corrected chi connectivity index (χ3v) is 2.94. The van der Waals surface area contributed by atoms with Crippen LogP contribution in [-0.4, -0.2) is 6.29 Å². The van der Waals surface area contributed by atoms with Crippen molar-refractivity contribution in [2.45, 2.75) is 26.7 Å². The molecule has 0 spiro atoms. The second kappa shape index (κ2) is 3.64. The van der Waals surface area contributed by atoms with Crippen LogP contribution in [0.5, 0.6) is 0 Å². The Labute approximate surface area is 83.6 Å². The van der Waals surface area contributed by atoms with Gasteiger partial charge in [-0.25, -0.2) is 0 Å². The third-order valence-electron chi connectivity index (χ3n) is 2.94. The molecular weight excluding hydrogens is 176 g/mol. The Morgan fingerprint density at radius 2 is 2.14 bits per heavy atom. The maximum atomic E-state index is 10.8. The van der Waals surface area contributed by atoms with Crippen LogP contribution in [0.3, 0.4) is 0 Å². The van der Waals surface area contributed by atoms with E-state index < -0.39 is 5.41 Å². The number of carbonyl (C=O) groups excluding carboxylic acids is 1. The Kier molecular flexibility index (Phi) is 2.72. The molecule has 1 aliphatic rings. The number of hydrogen-bond donors (Lipinski definition) is 0. The van der Waals surface area contributed by atoms with Crippen molar-refractivity contribution in [2.75, 3.05) is 0 Å². The van der Waals surface area contributed by atoms with Gasteiger partial charge in [0.25, 0.3) is 0 Å². The third kappa shape index (κ3) is 1.22. The van der Waals surface area contributed by atoms with Gasteiger partial charge in [0.05, 0.1) is 12.1 Å². The summed E-state index contributed by atoms with van der Waals surface area (Å²) < 4.78 is 0. The molecule has 0 saturated heterocycles. The lowest BCUT2D eigenvalue weighted by Gasteiger charge is -2.20. The summed E-state index contributed by atoms with van der Waals surface area (Å²) in [6, 6.07) is 4.12. The molecule has 0 fully saturated rings. The van der Waals surface area contributed by atoms with Crippen molar-refractivity contribution in [3.8, 4) is 12.1 Å². The van der Waals surface area contributed by atoms with Crippen molar-refractivity contribution in [3.05, 3.63) is 11.1 Å². The Morgan fingerprint density at radius 3 is 2.50 bits per heavy atom. The molecule has 0 radical (unpaired) electrons. The smallest absolute Gasteiger partial charge is 0.154 e. The number of aldehydes is 1. The number of rotatable bonds is 2. The summed E-state index contributed by atoms with van der Waals surface area (Å²) in [5.41, 5.74) is 0.528. The van der Waals surface area contributed by atoms with E-state index in [1.54, 1.807) is 0 Å². The number of hydrogen-bond acceptors (Lipinski definition) is 3. The van der Waals surface area contributed by atoms with Crippen molar-refractivity contribution in [2.24, 2.45) is 11.3 Å². The quantitative estimate of drug-likeness (QED) is 0.622. The summed E-state index contributed by atoms with van der Waals surface area (Å²) in [4.78, 5) is 10.8. The van der Waals surface area contributed by atoms with Gasteiger partial charge in [0.1, 0.15) is 6.29 Å². The van der Waals surface area contributed by atoms with Gasteiger partial charge in [0.15, 0.2) is 5.41 Å². The fraction of sp³-hybridized carbons (Fsp3) is 0.545. The lowest BCUT2D eigenvalue weighted by atomic mass is 9.76. The Balaban J connectivity index is 3.20. The highest BCUT2D eigenvalue weighted by molar-refractivity contribution is 5.77. The van der Waals surface area contributed by atoms with Gasteiger partial charge in [0, 0.05) is 12.3 Å². The first kappa shape index (κ1) is 10.5. The average Bonchev–Trinajstić information content (AvgIpc) is 2.50. The SMILES string of the molecule is CC[C@@H]1C(C=O)=C(C)CC1(C#N)C#N. The van der Waals surface area contributed by atoms with Crippen LogP contribution >= 0.6 is 0 Å². The summed E-state index contributed by atoms with van der Waals surface area (Å²) in [7, 11) is 0. The summed E-state index contributed by atoms with van der Waals surface area (Å²) >= 11 is 0. The highest BCUT2D eigenvalue weighted by Gasteiger charge is 2.46. The first-order chi connectivity index (χ1) is 6.65. The average molecular weight is 188 g/mol. The monoisotopic (exact) mass is 188 g/mol. The van der Waals surface area contributed by atoms with Crippen molar-refractivity contribution in [1.82, 2.24) is 0 Å². The minimum absolute atomic E-state index is 0.213. The standard InChI is InChI=1S/C11H12N2O/c1-3-10-9(5-14)8(2)4-11(10,6-12)7-13/h5,10H,3-4H2,1-2H3/t10-/m1/s1. The molecule has 1 rings (SSSR count). The van der Waals surface area contributed by atoms with Crippen LogP contribution in [0, 0.1) is 34.0 Å². The topological polar surface area (TPSA) is 64.7 Å². The fourth-order valence-electron chi connectivity index (χ4n) is 2.22. The zero-order valence-electron chi connectivity index (χ0n) is 8.37. The molecule has 0 aliphatic heterocycles. The molecule has 0 bridgehead atoms. The summed E-state index contributed by atoms with van der Waals surface area (Å²) in [6.07, 6.45) is 1.86. The zero-order valence-corrected chi connectivity index (χ0v) is 8.37. The van der Waals surface area contributed by atoms with Crippen molar-refractivity contribution >= 4 is 6.29 Å². The molecule has 0 unspecified atom stereocenters. The first-order valence-electron chi connectivity index (χ1n) is 4.62. The van der Waals surface area contributed by atoms with E-state index in [0.717, 1.165) is 11.9 Å². The van der Waals surface area contributed by atoms with E-state index in [0.29, 0.717) is 18.4 Å². The maximum Gasteiger partial charge on any atom is 0.154 e. The van der Waals surface area contributed by atoms with Gasteiger partial charge in [-0.2, -0.15) is 10.5 Å². The van der Waals surface area contributed by atoms with E-state index in [1.165, 1.54) is 0 Å². The van der Waals surface area contributed by atoms with Gasteiger partial charge in [-0.05, 0) is 18.9 Å². The first-order valence-corrected chi connectivity index (χ1v) is 4.62. The van der Waals surface area contributed by atoms with Gasteiger partial charge < -0.3 is 0 Å². The molecule has 0 amide bonds.